The number of rotatable bonds is 8. The fourth-order valence-corrected chi connectivity index (χ4v) is 5.23. The zero-order valence-electron chi connectivity index (χ0n) is 22.5. The number of aliphatic hydroxyl groups is 1. The second-order valence-electron chi connectivity index (χ2n) is 10.5. The fraction of sp³-hybridized carbons (Fsp3) is 0.393. The number of nitrogens with one attached hydrogen (secondary N) is 2. The van der Waals surface area contributed by atoms with Crippen LogP contribution in [0.25, 0.3) is 0 Å². The van der Waals surface area contributed by atoms with Crippen LogP contribution in [0, 0.1) is 0 Å². The fourth-order valence-electron chi connectivity index (χ4n) is 5.04. The van der Waals surface area contributed by atoms with Crippen LogP contribution >= 0.6 is 11.6 Å². The number of benzene rings is 2. The van der Waals surface area contributed by atoms with Crippen molar-refractivity contribution in [2.24, 2.45) is 11.5 Å². The molecule has 2 fully saturated rings. The minimum absolute atomic E-state index is 0.0935. The number of hydrogen-bond donors (Lipinski definition) is 5. The van der Waals surface area contributed by atoms with Gasteiger partial charge in [-0.3, -0.25) is 9.59 Å². The Bertz CT molecular complexity index is 1380. The molecule has 2 aliphatic heterocycles. The van der Waals surface area contributed by atoms with Crippen molar-refractivity contribution in [1.82, 2.24) is 15.0 Å². The van der Waals surface area contributed by atoms with E-state index in [2.05, 4.69) is 20.6 Å². The molecule has 1 amide bonds. The van der Waals surface area contributed by atoms with Gasteiger partial charge in [0, 0.05) is 49.5 Å². The molecule has 0 saturated carbocycles. The number of nitrogens with zero attached hydrogens (tertiary/aromatic N) is 5. The largest absolute Gasteiger partial charge is 0.391 e. The first-order valence-corrected chi connectivity index (χ1v) is 14.0. The Balaban J connectivity index is 1.30. The van der Waals surface area contributed by atoms with Crippen LogP contribution in [-0.2, 0) is 4.79 Å². The van der Waals surface area contributed by atoms with E-state index in [-0.39, 0.29) is 24.3 Å². The molecule has 41 heavy (non-hydrogen) atoms. The molecule has 7 N–H and O–H groups in total. The van der Waals surface area contributed by atoms with Gasteiger partial charge in [0.2, 0.25) is 23.8 Å². The maximum absolute atomic E-state index is 12.7. The van der Waals surface area contributed by atoms with E-state index in [4.69, 9.17) is 28.1 Å². The highest BCUT2D eigenvalue weighted by molar-refractivity contribution is 6.33. The summed E-state index contributed by atoms with van der Waals surface area (Å²) in [6, 6.07) is 13.4. The first kappa shape index (κ1) is 28.7. The lowest BCUT2D eigenvalue weighted by Crippen LogP contribution is -2.53. The van der Waals surface area contributed by atoms with Gasteiger partial charge in [-0.25, -0.2) is 0 Å². The van der Waals surface area contributed by atoms with Crippen molar-refractivity contribution in [3.8, 4) is 0 Å². The highest BCUT2D eigenvalue weighted by Gasteiger charge is 2.27. The number of nitrogens with two attached hydrogens (primary N) is 2. The Labute approximate surface area is 243 Å². The van der Waals surface area contributed by atoms with Gasteiger partial charge in [0.05, 0.1) is 23.2 Å². The molecule has 3 atom stereocenters. The van der Waals surface area contributed by atoms with Crippen LogP contribution in [0.15, 0.2) is 48.5 Å². The van der Waals surface area contributed by atoms with Crippen molar-refractivity contribution < 1.29 is 14.7 Å². The van der Waals surface area contributed by atoms with Crippen molar-refractivity contribution in [3.63, 3.8) is 0 Å². The van der Waals surface area contributed by atoms with E-state index in [0.29, 0.717) is 59.4 Å². The Morgan fingerprint density at radius 3 is 2.32 bits per heavy atom. The van der Waals surface area contributed by atoms with E-state index in [1.165, 1.54) is 0 Å². The van der Waals surface area contributed by atoms with Crippen molar-refractivity contribution in [1.29, 1.82) is 0 Å². The molecule has 12 nitrogen and oxygen atoms in total. The number of β-amino-alcohol motifs (C(OH)–C–C–N with tert-alkyl or cyclic N) is 1. The molecule has 0 spiro atoms. The zero-order valence-corrected chi connectivity index (χ0v) is 23.3. The molecule has 1 aromatic heterocycles. The summed E-state index contributed by atoms with van der Waals surface area (Å²) in [5, 5.41) is 16.5. The van der Waals surface area contributed by atoms with Gasteiger partial charge < -0.3 is 37.0 Å². The van der Waals surface area contributed by atoms with Crippen LogP contribution in [-0.4, -0.2) is 76.1 Å². The molecular weight excluding hydrogens is 546 g/mol. The van der Waals surface area contributed by atoms with Crippen LogP contribution in [0.1, 0.15) is 36.0 Å². The highest BCUT2D eigenvalue weighted by Crippen LogP contribution is 2.25. The van der Waals surface area contributed by atoms with E-state index in [1.807, 2.05) is 9.80 Å². The Hall–Kier alpha value is -3.84. The predicted molar refractivity (Wildman–Crippen MR) is 159 cm³/mol. The summed E-state index contributed by atoms with van der Waals surface area (Å²) in [4.78, 5) is 43.0. The van der Waals surface area contributed by atoms with Crippen LogP contribution in [0.5, 0.6) is 0 Å². The molecule has 5 rings (SSSR count). The number of aromatic nitrogens is 3. The number of aliphatic hydroxyl groups excluding tert-OH is 1. The SMILES string of the molecule is N[C@@H]1C[C@H](N)CN(c2nc(Nc3ccc(C(=O)CC(=O)Nc4ccccc4Cl)cc3)nc(N3CCCC(O)C3)n2)C1. The lowest BCUT2D eigenvalue weighted by Gasteiger charge is -2.35. The minimum atomic E-state index is -0.450. The van der Waals surface area contributed by atoms with Crippen molar-refractivity contribution in [2.75, 3.05) is 46.6 Å². The van der Waals surface area contributed by atoms with E-state index < -0.39 is 12.0 Å². The molecule has 2 saturated heterocycles. The molecular formula is C28H34ClN9O3. The van der Waals surface area contributed by atoms with E-state index in [0.717, 1.165) is 25.8 Å². The number of para-hydroxylation sites is 1. The molecule has 2 aliphatic rings. The number of halogens is 1. The van der Waals surface area contributed by atoms with Crippen LogP contribution in [0.2, 0.25) is 5.02 Å². The summed E-state index contributed by atoms with van der Waals surface area (Å²) >= 11 is 6.08. The minimum Gasteiger partial charge on any atom is -0.391 e. The standard InChI is InChI=1S/C28H34ClN9O3/c29-22-5-1-2-6-23(22)33-25(41)13-24(40)17-7-9-20(10-8-17)32-26-34-27(37-11-3-4-21(39)16-37)36-28(35-26)38-14-18(30)12-19(31)15-38/h1-2,5-10,18-19,21,39H,3-4,11-16,30-31H2,(H,33,41)(H,32,34,35,36)/t18-,19+,21?. The molecule has 3 aromatic rings. The number of carbonyl (C=O) groups is 2. The van der Waals surface area contributed by atoms with Gasteiger partial charge in [0.1, 0.15) is 0 Å². The number of hydrogen-bond acceptors (Lipinski definition) is 11. The smallest absolute Gasteiger partial charge is 0.233 e. The van der Waals surface area contributed by atoms with Crippen LogP contribution in [0.3, 0.4) is 0 Å². The van der Waals surface area contributed by atoms with Gasteiger partial charge in [-0.05, 0) is 55.7 Å². The number of ketones is 1. The zero-order chi connectivity index (χ0) is 28.9. The quantitative estimate of drug-likeness (QED) is 0.195. The number of carbonyl (C=O) groups excluding carboxylic acids is 2. The van der Waals surface area contributed by atoms with Crippen molar-refractivity contribution in [2.45, 2.75) is 43.9 Å². The first-order valence-electron chi connectivity index (χ1n) is 13.6. The molecule has 0 radical (unpaired) electrons. The summed E-state index contributed by atoms with van der Waals surface area (Å²) in [6.45, 7) is 2.29. The first-order chi connectivity index (χ1) is 19.7. The second kappa shape index (κ2) is 12.8. The summed E-state index contributed by atoms with van der Waals surface area (Å²) in [5.41, 5.74) is 13.9. The molecule has 0 bridgehead atoms. The third kappa shape index (κ3) is 7.47. The van der Waals surface area contributed by atoms with E-state index in [1.54, 1.807) is 48.5 Å². The lowest BCUT2D eigenvalue weighted by molar-refractivity contribution is -0.115. The monoisotopic (exact) mass is 579 g/mol. The number of piperidine rings is 2. The molecule has 216 valence electrons. The molecule has 2 aromatic carbocycles. The Kier molecular flexibility index (Phi) is 8.93. The Morgan fingerprint density at radius 2 is 1.63 bits per heavy atom. The maximum atomic E-state index is 12.7. The average Bonchev–Trinajstić information content (AvgIpc) is 2.94. The number of anilines is 5. The summed E-state index contributed by atoms with van der Waals surface area (Å²) in [6.07, 6.45) is 1.53. The normalized spacial score (nSPS) is 20.9. The second-order valence-corrected chi connectivity index (χ2v) is 10.9. The number of Topliss-reactive ketones (excluding diaryl/α,β-unsaturated/α-hetero) is 1. The van der Waals surface area contributed by atoms with Crippen LogP contribution < -0.4 is 31.9 Å². The maximum Gasteiger partial charge on any atom is 0.233 e. The van der Waals surface area contributed by atoms with Crippen molar-refractivity contribution in [3.05, 3.63) is 59.1 Å². The van der Waals surface area contributed by atoms with E-state index in [9.17, 15) is 14.7 Å². The topological polar surface area (TPSA) is 176 Å². The predicted octanol–water partition coefficient (Wildman–Crippen LogP) is 2.31. The van der Waals surface area contributed by atoms with Crippen molar-refractivity contribution >= 4 is 52.5 Å². The average molecular weight is 580 g/mol. The molecule has 13 heteroatoms. The third-order valence-corrected chi connectivity index (χ3v) is 7.35. The molecule has 0 aliphatic carbocycles. The highest BCUT2D eigenvalue weighted by atomic mass is 35.5. The lowest BCUT2D eigenvalue weighted by atomic mass is 10.0. The summed E-state index contributed by atoms with van der Waals surface area (Å²) < 4.78 is 0. The van der Waals surface area contributed by atoms with Gasteiger partial charge in [0.25, 0.3) is 0 Å². The third-order valence-electron chi connectivity index (χ3n) is 7.02. The Morgan fingerprint density at radius 1 is 0.951 bits per heavy atom. The number of amides is 1. The van der Waals surface area contributed by atoms with Gasteiger partial charge in [-0.15, -0.1) is 0 Å². The van der Waals surface area contributed by atoms with Crippen LogP contribution in [0.4, 0.5) is 29.2 Å². The van der Waals surface area contributed by atoms with Gasteiger partial charge >= 0.3 is 0 Å². The molecule has 1 unspecified atom stereocenters. The van der Waals surface area contributed by atoms with Gasteiger partial charge in [-0.2, -0.15) is 15.0 Å². The van der Waals surface area contributed by atoms with Gasteiger partial charge in [-0.1, -0.05) is 23.7 Å². The summed E-state index contributed by atoms with van der Waals surface area (Å²) in [7, 11) is 0. The van der Waals surface area contributed by atoms with Gasteiger partial charge in [0.15, 0.2) is 5.78 Å². The molecule has 3 heterocycles. The summed E-state index contributed by atoms with van der Waals surface area (Å²) in [5.74, 6) is 0.457. The van der Waals surface area contributed by atoms with E-state index >= 15 is 0 Å².